The van der Waals surface area contributed by atoms with Crippen LogP contribution in [0.2, 0.25) is 0 Å². The van der Waals surface area contributed by atoms with Crippen molar-refractivity contribution in [2.24, 2.45) is 0 Å². The van der Waals surface area contributed by atoms with Gasteiger partial charge in [-0.1, -0.05) is 132 Å². The van der Waals surface area contributed by atoms with E-state index in [4.69, 9.17) is 32.9 Å². The molecular weight excluding hydrogens is 912 g/mol. The number of rotatable bonds is 19. The van der Waals surface area contributed by atoms with E-state index in [0.29, 0.717) is 56.3 Å². The van der Waals surface area contributed by atoms with Crippen molar-refractivity contribution in [1.82, 2.24) is 0 Å². The second-order valence-electron chi connectivity index (χ2n) is 17.4. The quantitative estimate of drug-likeness (QED) is 0.0573. The molecule has 1 aliphatic heterocycles. The van der Waals surface area contributed by atoms with Crippen LogP contribution in [-0.2, 0) is 19.2 Å². The highest BCUT2D eigenvalue weighted by atomic mass is 31.2. The average molecular weight is 965 g/mol. The van der Waals surface area contributed by atoms with Gasteiger partial charge in [0.05, 0.1) is 16.4 Å². The summed E-state index contributed by atoms with van der Waals surface area (Å²) in [6.07, 6.45) is -1.52. The number of hydrogen-bond acceptors (Lipinski definition) is 10. The Morgan fingerprint density at radius 3 is 1.23 bits per heavy atom. The third kappa shape index (κ3) is 11.0. The van der Waals surface area contributed by atoms with Gasteiger partial charge in [0, 0.05) is 5.56 Å². The summed E-state index contributed by atoms with van der Waals surface area (Å²) in [6, 6.07) is 63.0. The number of fused-ring (bicyclic) bond motifs is 3. The molecule has 0 radical (unpaired) electrons. The number of aryl methyl sites for hydroxylation is 2. The monoisotopic (exact) mass is 964 g/mol. The summed E-state index contributed by atoms with van der Waals surface area (Å²) in [4.78, 5) is 26.4. The average Bonchev–Trinajstić information content (AvgIpc) is 3.41. The van der Waals surface area contributed by atoms with E-state index in [1.807, 2.05) is 178 Å². The third-order valence-electron chi connectivity index (χ3n) is 12.4. The lowest BCUT2D eigenvalue weighted by atomic mass is 9.92. The molecule has 11 heteroatoms. The van der Waals surface area contributed by atoms with Gasteiger partial charge in [-0.15, -0.1) is 0 Å². The minimum atomic E-state index is -3.90. The third-order valence-corrected chi connectivity index (χ3v) is 15.6. The fourth-order valence-corrected chi connectivity index (χ4v) is 11.3. The maximum Gasteiger partial charge on any atom is 0.338 e. The van der Waals surface area contributed by atoms with Crippen molar-refractivity contribution in [1.29, 1.82) is 0 Å². The Labute approximate surface area is 414 Å². The van der Waals surface area contributed by atoms with Crippen molar-refractivity contribution in [3.63, 3.8) is 0 Å². The zero-order valence-electron chi connectivity index (χ0n) is 39.6. The normalized spacial score (nSPS) is 15.3. The van der Waals surface area contributed by atoms with Crippen molar-refractivity contribution < 1.29 is 47.1 Å². The molecule has 0 amide bonds. The molecule has 0 aliphatic carbocycles. The highest BCUT2D eigenvalue weighted by molar-refractivity contribution is 7.69. The summed E-state index contributed by atoms with van der Waals surface area (Å²) in [7, 11) is -3.90. The predicted molar refractivity (Wildman–Crippen MR) is 275 cm³/mol. The van der Waals surface area contributed by atoms with Gasteiger partial charge in [0.15, 0.2) is 12.2 Å². The zero-order chi connectivity index (χ0) is 49.2. The van der Waals surface area contributed by atoms with Gasteiger partial charge < -0.3 is 32.9 Å². The lowest BCUT2D eigenvalue weighted by Crippen LogP contribution is -2.34. The van der Waals surface area contributed by atoms with Crippen LogP contribution in [0, 0.1) is 13.8 Å². The summed E-state index contributed by atoms with van der Waals surface area (Å²) < 4.78 is 59.6. The van der Waals surface area contributed by atoms with E-state index in [9.17, 15) is 9.59 Å². The Hall–Kier alpha value is -8.07. The number of esters is 2. The first-order valence-corrected chi connectivity index (χ1v) is 25.0. The number of carbonyl (C=O) groups is 2. The maximum absolute atomic E-state index is 16.3. The molecule has 3 unspecified atom stereocenters. The predicted octanol–water partition coefficient (Wildman–Crippen LogP) is 12.6. The maximum atomic E-state index is 16.3. The topological polar surface area (TPSA) is 116 Å². The van der Waals surface area contributed by atoms with Crippen LogP contribution < -0.4 is 28.8 Å². The first-order valence-electron chi connectivity index (χ1n) is 23.4. The Morgan fingerprint density at radius 1 is 0.451 bits per heavy atom. The summed E-state index contributed by atoms with van der Waals surface area (Å²) in [5, 5.41) is -0.672. The molecule has 0 saturated heterocycles. The molecule has 8 aromatic carbocycles. The van der Waals surface area contributed by atoms with E-state index in [2.05, 4.69) is 0 Å². The second kappa shape index (κ2) is 21.7. The van der Waals surface area contributed by atoms with E-state index in [1.165, 1.54) is 0 Å². The number of ether oxygens (including phenoxy) is 6. The van der Waals surface area contributed by atoms with Crippen LogP contribution in [0.4, 0.5) is 0 Å². The summed E-state index contributed by atoms with van der Waals surface area (Å²) in [6.45, 7) is 6.04. The molecular formula is C60H53O10P. The van der Waals surface area contributed by atoms with Gasteiger partial charge in [-0.3, -0.25) is 4.57 Å². The fraction of sp³-hybridized carbons (Fsp3) is 0.167. The summed E-state index contributed by atoms with van der Waals surface area (Å²) in [5.74, 6) is 1.81. The van der Waals surface area contributed by atoms with Gasteiger partial charge in [0.2, 0.25) is 0 Å². The van der Waals surface area contributed by atoms with Crippen LogP contribution in [0.5, 0.6) is 28.7 Å². The SMILES string of the molecule is Cc1ccc(OCC(COc2ccc(C(C)(c3ccc(OCC(COc4ccc(C)cc4)OC(=O)c4ccccc4)cc3)P3(=O)Oc4ccccc4-c4ccccc43)cc2)OC(=O)c2ccccc2)cc1. The lowest BCUT2D eigenvalue weighted by molar-refractivity contribution is 0.00213. The van der Waals surface area contributed by atoms with Gasteiger partial charge in [-0.25, -0.2) is 9.59 Å². The van der Waals surface area contributed by atoms with Gasteiger partial charge in [0.25, 0.3) is 7.37 Å². The van der Waals surface area contributed by atoms with Gasteiger partial charge in [-0.05, 0) is 122 Å². The van der Waals surface area contributed by atoms with Gasteiger partial charge in [0.1, 0.15) is 60.3 Å². The van der Waals surface area contributed by atoms with Crippen molar-refractivity contribution in [3.05, 3.63) is 240 Å². The van der Waals surface area contributed by atoms with Crippen LogP contribution in [0.25, 0.3) is 11.1 Å². The van der Waals surface area contributed by atoms with E-state index in [0.717, 1.165) is 22.3 Å². The van der Waals surface area contributed by atoms with Gasteiger partial charge in [-0.2, -0.15) is 0 Å². The van der Waals surface area contributed by atoms with Crippen LogP contribution >= 0.6 is 7.37 Å². The Morgan fingerprint density at radius 2 is 0.803 bits per heavy atom. The Bertz CT molecular complexity index is 2950. The van der Waals surface area contributed by atoms with Crippen molar-refractivity contribution in [3.8, 4) is 39.9 Å². The molecule has 358 valence electrons. The molecule has 1 heterocycles. The molecule has 10 nitrogen and oxygen atoms in total. The fourth-order valence-electron chi connectivity index (χ4n) is 8.35. The highest BCUT2D eigenvalue weighted by Crippen LogP contribution is 2.69. The highest BCUT2D eigenvalue weighted by Gasteiger charge is 2.53. The Balaban J connectivity index is 0.987. The number of carbonyl (C=O) groups excluding carboxylic acids is 2. The first-order chi connectivity index (χ1) is 34.6. The summed E-state index contributed by atoms with van der Waals surface area (Å²) in [5.41, 5.74) is 6.10. The molecule has 0 aromatic heterocycles. The molecule has 71 heavy (non-hydrogen) atoms. The summed E-state index contributed by atoms with van der Waals surface area (Å²) >= 11 is 0. The number of hydrogen-bond donors (Lipinski definition) is 0. The van der Waals surface area contributed by atoms with E-state index >= 15 is 4.57 Å². The van der Waals surface area contributed by atoms with Crippen LogP contribution in [0.3, 0.4) is 0 Å². The van der Waals surface area contributed by atoms with Crippen LogP contribution in [-0.4, -0.2) is 50.6 Å². The molecule has 0 N–H and O–H groups in total. The number of benzene rings is 8. The zero-order valence-corrected chi connectivity index (χ0v) is 40.5. The van der Waals surface area contributed by atoms with Gasteiger partial charge >= 0.3 is 11.9 Å². The lowest BCUT2D eigenvalue weighted by Gasteiger charge is -2.41. The second-order valence-corrected chi connectivity index (χ2v) is 20.1. The molecule has 0 saturated carbocycles. The first kappa shape index (κ1) is 48.0. The molecule has 1 aliphatic rings. The molecule has 0 fully saturated rings. The largest absolute Gasteiger partial charge is 0.490 e. The standard InChI is InChI=1S/C60H53O10P/c1-42-22-30-48(31-23-42)64-38-52(68-58(61)44-14-6-4-7-15-44)40-66-50-34-26-46(27-35-50)60(3,71(63)57-21-13-11-19-55(57)54-18-10-12-20-56(54)70-71)47-28-36-51(37-29-47)67-41-53(39-65-49-32-24-43(2)25-33-49)69-59(62)45-16-8-5-9-17-45/h4-37,52-53H,38-41H2,1-3H3. The van der Waals surface area contributed by atoms with Crippen molar-refractivity contribution in [2.75, 3.05) is 26.4 Å². The van der Waals surface area contributed by atoms with Crippen molar-refractivity contribution in [2.45, 2.75) is 38.1 Å². The molecule has 0 spiro atoms. The van der Waals surface area contributed by atoms with E-state index < -0.39 is 36.7 Å². The van der Waals surface area contributed by atoms with Crippen LogP contribution in [0.15, 0.2) is 206 Å². The Kier molecular flexibility index (Phi) is 14.7. The van der Waals surface area contributed by atoms with E-state index in [-0.39, 0.29) is 26.4 Å². The molecule has 0 bridgehead atoms. The minimum Gasteiger partial charge on any atom is -0.490 e. The smallest absolute Gasteiger partial charge is 0.338 e. The molecule has 9 rings (SSSR count). The minimum absolute atomic E-state index is 0.00132. The number of para-hydroxylation sites is 1. The van der Waals surface area contributed by atoms with Crippen molar-refractivity contribution >= 4 is 24.6 Å². The van der Waals surface area contributed by atoms with Crippen LogP contribution in [0.1, 0.15) is 49.9 Å². The molecule has 3 atom stereocenters. The van der Waals surface area contributed by atoms with E-state index in [1.54, 1.807) is 48.5 Å². The molecule has 8 aromatic rings.